The average Bonchev–Trinajstić information content (AvgIpc) is 3.28. The Hall–Kier alpha value is -3.13. The molecule has 46 heavy (non-hydrogen) atoms. The molecule has 0 spiro atoms. The number of nitrogens with one attached hydrogen (secondary N) is 2. The molecule has 0 aromatic heterocycles. The molecule has 2 heterocycles. The van der Waals surface area contributed by atoms with E-state index >= 15 is 0 Å². The van der Waals surface area contributed by atoms with Crippen molar-refractivity contribution >= 4 is 26.3 Å². The first-order valence-corrected chi connectivity index (χ1v) is 18.5. The standard InChI is InChI=1S/C33H52N2O10Si/c1-20(36)35-26-23(41-22-15-13-14-21(16-22)18-34-30(38)44-31(2,3)4)17-24(29(37)39-10)42-28(26)27(25-19-40-33(8,9)43-25)45-46(11,12)32(5,6)7/h13-17,23,25-28H,18-19H2,1-12H3,(H,34,38)(H,35,36)/t23-,25+,26+,27+,28+/m0/s1. The van der Waals surface area contributed by atoms with Crippen molar-refractivity contribution in [1.82, 2.24) is 10.6 Å². The molecule has 1 aromatic carbocycles. The van der Waals surface area contributed by atoms with Gasteiger partial charge in [0.05, 0.1) is 13.7 Å². The molecule has 0 radical (unpaired) electrons. The summed E-state index contributed by atoms with van der Waals surface area (Å²) in [5.41, 5.74) is 0.118. The molecule has 0 bridgehead atoms. The van der Waals surface area contributed by atoms with Crippen molar-refractivity contribution in [2.75, 3.05) is 13.7 Å². The normalized spacial score (nSPS) is 23.8. The van der Waals surface area contributed by atoms with Gasteiger partial charge in [0.2, 0.25) is 11.7 Å². The van der Waals surface area contributed by atoms with Crippen LogP contribution in [0.2, 0.25) is 18.1 Å². The first kappa shape index (κ1) is 37.3. The van der Waals surface area contributed by atoms with Crippen LogP contribution in [-0.2, 0) is 44.2 Å². The summed E-state index contributed by atoms with van der Waals surface area (Å²) < 4.78 is 42.4. The predicted molar refractivity (Wildman–Crippen MR) is 173 cm³/mol. The van der Waals surface area contributed by atoms with Gasteiger partial charge in [-0.3, -0.25) is 4.79 Å². The average molecular weight is 665 g/mol. The van der Waals surface area contributed by atoms with Gasteiger partial charge in [-0.15, -0.1) is 0 Å². The second-order valence-corrected chi connectivity index (χ2v) is 19.4. The van der Waals surface area contributed by atoms with E-state index in [4.69, 9.17) is 32.8 Å². The third kappa shape index (κ3) is 10.2. The van der Waals surface area contributed by atoms with E-state index in [1.54, 1.807) is 39.0 Å². The van der Waals surface area contributed by atoms with Crippen LogP contribution in [0.4, 0.5) is 4.79 Å². The molecule has 12 nitrogen and oxygen atoms in total. The van der Waals surface area contributed by atoms with Gasteiger partial charge in [0.1, 0.15) is 35.7 Å². The summed E-state index contributed by atoms with van der Waals surface area (Å²) in [5, 5.41) is 5.55. The van der Waals surface area contributed by atoms with Gasteiger partial charge in [-0.25, -0.2) is 9.59 Å². The molecule has 0 aliphatic carbocycles. The SMILES string of the molecule is COC(=O)C1=C[C@H](Oc2cccc(CNC(=O)OC(C)(C)C)c2)[C@@H](NC(C)=O)[C@H]([C@H](O[Si](C)(C)C(C)(C)C)[C@H]2COC(C)(C)O2)O1. The number of hydrogen-bond acceptors (Lipinski definition) is 10. The van der Waals surface area contributed by atoms with Crippen LogP contribution in [0, 0.1) is 0 Å². The quantitative estimate of drug-likeness (QED) is 0.261. The Labute approximate surface area is 273 Å². The van der Waals surface area contributed by atoms with Crippen LogP contribution in [0.15, 0.2) is 36.1 Å². The molecule has 2 N–H and O–H groups in total. The van der Waals surface area contributed by atoms with Crippen LogP contribution in [-0.4, -0.2) is 81.8 Å². The van der Waals surface area contributed by atoms with E-state index in [0.717, 1.165) is 5.56 Å². The molecule has 258 valence electrons. The number of carbonyl (C=O) groups excluding carboxylic acids is 3. The van der Waals surface area contributed by atoms with Crippen molar-refractivity contribution in [2.45, 2.75) is 129 Å². The number of hydrogen-bond donors (Lipinski definition) is 2. The fourth-order valence-electron chi connectivity index (χ4n) is 4.82. The van der Waals surface area contributed by atoms with Crippen molar-refractivity contribution in [3.63, 3.8) is 0 Å². The first-order valence-electron chi connectivity index (χ1n) is 15.6. The van der Waals surface area contributed by atoms with Crippen LogP contribution in [0.1, 0.15) is 67.9 Å². The molecular formula is C33H52N2O10Si. The number of alkyl carbamates (subject to hydrolysis) is 1. The summed E-state index contributed by atoms with van der Waals surface area (Å²) in [5.74, 6) is -1.54. The zero-order chi connectivity index (χ0) is 34.7. The molecule has 1 fully saturated rings. The van der Waals surface area contributed by atoms with E-state index in [1.807, 2.05) is 19.9 Å². The molecule has 0 unspecified atom stereocenters. The smallest absolute Gasteiger partial charge is 0.407 e. The van der Waals surface area contributed by atoms with Crippen molar-refractivity contribution in [2.24, 2.45) is 0 Å². The number of carbonyl (C=O) groups is 3. The van der Waals surface area contributed by atoms with E-state index in [-0.39, 0.29) is 29.9 Å². The molecule has 0 saturated carbocycles. The van der Waals surface area contributed by atoms with Crippen LogP contribution in [0.25, 0.3) is 0 Å². The lowest BCUT2D eigenvalue weighted by molar-refractivity contribution is -0.169. The highest BCUT2D eigenvalue weighted by Crippen LogP contribution is 2.41. The molecule has 2 aliphatic rings. The Kier molecular flexibility index (Phi) is 11.6. The minimum Gasteiger partial charge on any atom is -0.484 e. The lowest BCUT2D eigenvalue weighted by Crippen LogP contribution is -2.63. The summed E-state index contributed by atoms with van der Waals surface area (Å²) in [6.07, 6.45) is -2.20. The lowest BCUT2D eigenvalue weighted by atomic mass is 9.93. The highest BCUT2D eigenvalue weighted by molar-refractivity contribution is 6.74. The Balaban J connectivity index is 2.01. The van der Waals surface area contributed by atoms with Gasteiger partial charge >= 0.3 is 12.1 Å². The maximum Gasteiger partial charge on any atom is 0.407 e. The molecule has 1 aromatic rings. The summed E-state index contributed by atoms with van der Waals surface area (Å²) in [6.45, 7) is 21.4. The first-order chi connectivity index (χ1) is 21.1. The minimum atomic E-state index is -2.48. The molecule has 2 amide bonds. The Morgan fingerprint density at radius 2 is 1.78 bits per heavy atom. The van der Waals surface area contributed by atoms with Gasteiger partial charge in [-0.1, -0.05) is 32.9 Å². The van der Waals surface area contributed by atoms with E-state index in [0.29, 0.717) is 5.75 Å². The maximum absolute atomic E-state index is 12.9. The third-order valence-electron chi connectivity index (χ3n) is 8.01. The molecule has 2 aliphatic heterocycles. The number of benzene rings is 1. The van der Waals surface area contributed by atoms with Crippen molar-refractivity contribution in [3.8, 4) is 5.75 Å². The summed E-state index contributed by atoms with van der Waals surface area (Å²) in [7, 11) is -1.22. The van der Waals surface area contributed by atoms with Crippen molar-refractivity contribution in [3.05, 3.63) is 41.7 Å². The highest BCUT2D eigenvalue weighted by atomic mass is 28.4. The summed E-state index contributed by atoms with van der Waals surface area (Å²) in [6, 6.07) is 6.32. The number of ether oxygens (including phenoxy) is 6. The summed E-state index contributed by atoms with van der Waals surface area (Å²) >= 11 is 0. The van der Waals surface area contributed by atoms with Gasteiger partial charge in [0.15, 0.2) is 20.2 Å². The van der Waals surface area contributed by atoms with Gasteiger partial charge in [-0.05, 0) is 70.4 Å². The molecule has 1 saturated heterocycles. The van der Waals surface area contributed by atoms with Gasteiger partial charge in [-0.2, -0.15) is 0 Å². The van der Waals surface area contributed by atoms with Gasteiger partial charge in [0, 0.05) is 19.5 Å². The maximum atomic E-state index is 12.9. The zero-order valence-corrected chi connectivity index (χ0v) is 30.3. The number of esters is 1. The lowest BCUT2D eigenvalue weighted by Gasteiger charge is -2.46. The number of amides is 2. The molecule has 3 rings (SSSR count). The Morgan fingerprint density at radius 3 is 2.33 bits per heavy atom. The van der Waals surface area contributed by atoms with Crippen LogP contribution < -0.4 is 15.4 Å². The van der Waals surface area contributed by atoms with Gasteiger partial charge < -0.3 is 43.5 Å². The van der Waals surface area contributed by atoms with Gasteiger partial charge in [0.25, 0.3) is 0 Å². The third-order valence-corrected chi connectivity index (χ3v) is 12.5. The minimum absolute atomic E-state index is 0.0798. The number of rotatable bonds is 10. The Bertz CT molecular complexity index is 1280. The topological polar surface area (TPSA) is 140 Å². The molecule has 5 atom stereocenters. The predicted octanol–water partition coefficient (Wildman–Crippen LogP) is 4.96. The van der Waals surface area contributed by atoms with Crippen molar-refractivity contribution in [1.29, 1.82) is 0 Å². The van der Waals surface area contributed by atoms with Crippen LogP contribution in [0.5, 0.6) is 5.75 Å². The van der Waals surface area contributed by atoms with Crippen LogP contribution >= 0.6 is 0 Å². The van der Waals surface area contributed by atoms with Crippen LogP contribution in [0.3, 0.4) is 0 Å². The fraction of sp³-hybridized carbons (Fsp3) is 0.667. The monoisotopic (exact) mass is 664 g/mol. The second kappa shape index (κ2) is 14.3. The summed E-state index contributed by atoms with van der Waals surface area (Å²) in [4.78, 5) is 37.8. The fourth-order valence-corrected chi connectivity index (χ4v) is 6.14. The molecule has 13 heteroatoms. The highest BCUT2D eigenvalue weighted by Gasteiger charge is 2.53. The van der Waals surface area contributed by atoms with Crippen molar-refractivity contribution < 1.29 is 47.2 Å². The Morgan fingerprint density at radius 1 is 1.11 bits per heavy atom. The second-order valence-electron chi connectivity index (χ2n) is 14.6. The molecular weight excluding hydrogens is 612 g/mol. The largest absolute Gasteiger partial charge is 0.484 e. The van der Waals surface area contributed by atoms with E-state index < -0.39 is 62.2 Å². The van der Waals surface area contributed by atoms with E-state index in [9.17, 15) is 14.4 Å². The zero-order valence-electron chi connectivity index (χ0n) is 29.3. The number of methoxy groups -OCH3 is 1. The van der Waals surface area contributed by atoms with E-state index in [2.05, 4.69) is 44.5 Å². The van der Waals surface area contributed by atoms with E-state index in [1.165, 1.54) is 20.1 Å².